The Bertz CT molecular complexity index is 802. The first-order valence-corrected chi connectivity index (χ1v) is 9.06. The first-order valence-electron chi connectivity index (χ1n) is 8.18. The molecule has 1 unspecified atom stereocenters. The van der Waals surface area contributed by atoms with Crippen LogP contribution in [0.2, 0.25) is 0 Å². The largest absolute Gasteiger partial charge is 0.419 e. The molecule has 1 heterocycles. The maximum Gasteiger partial charge on any atom is 0.419 e. The predicted octanol–water partition coefficient (Wildman–Crippen LogP) is 5.29. The van der Waals surface area contributed by atoms with Gasteiger partial charge in [0.05, 0.1) is 5.56 Å². The number of hydrogen-bond acceptors (Lipinski definition) is 3. The van der Waals surface area contributed by atoms with Crippen molar-refractivity contribution >= 4 is 11.9 Å². The van der Waals surface area contributed by atoms with Crippen molar-refractivity contribution in [3.63, 3.8) is 0 Å². The third-order valence-electron chi connectivity index (χ3n) is 4.64. The molecule has 1 N–H and O–H groups in total. The molecule has 2 aliphatic carbocycles. The van der Waals surface area contributed by atoms with E-state index in [2.05, 4.69) is 9.71 Å². The minimum absolute atomic E-state index is 0.187. The summed E-state index contributed by atoms with van der Waals surface area (Å²) < 4.78 is 55.6. The van der Waals surface area contributed by atoms with Gasteiger partial charge in [0, 0.05) is 29.2 Å². The monoisotopic (exact) mass is 368 g/mol. The summed E-state index contributed by atoms with van der Waals surface area (Å²) in [4.78, 5) is 4.23. The van der Waals surface area contributed by atoms with Crippen molar-refractivity contribution in [2.75, 3.05) is 0 Å². The fourth-order valence-corrected chi connectivity index (χ4v) is 4.15. The quantitative estimate of drug-likeness (QED) is 0.586. The highest BCUT2D eigenvalue weighted by Crippen LogP contribution is 2.41. The van der Waals surface area contributed by atoms with E-state index in [1.165, 1.54) is 18.9 Å². The number of alkyl halides is 3. The zero-order valence-corrected chi connectivity index (χ0v) is 14.1. The van der Waals surface area contributed by atoms with Gasteiger partial charge in [0.1, 0.15) is 5.82 Å². The summed E-state index contributed by atoms with van der Waals surface area (Å²) in [5, 5.41) is 0.684. The molecule has 2 aromatic rings. The summed E-state index contributed by atoms with van der Waals surface area (Å²) in [6, 6.07) is 3.27. The van der Waals surface area contributed by atoms with Crippen molar-refractivity contribution in [2.24, 2.45) is 0 Å². The number of aromatic nitrogens is 1. The van der Waals surface area contributed by atoms with E-state index in [1.54, 1.807) is 24.3 Å². The molecule has 1 fully saturated rings. The van der Waals surface area contributed by atoms with Gasteiger partial charge in [-0.05, 0) is 54.5 Å². The Morgan fingerprint density at radius 2 is 1.92 bits per heavy atom. The third kappa shape index (κ3) is 3.40. The summed E-state index contributed by atoms with van der Waals surface area (Å²) in [6.07, 6.45) is 2.92. The molecule has 0 radical (unpaired) electrons. The van der Waals surface area contributed by atoms with Crippen LogP contribution in [0.5, 0.6) is 0 Å². The molecule has 1 aromatic carbocycles. The smallest absolute Gasteiger partial charge is 0.264 e. The van der Waals surface area contributed by atoms with E-state index >= 15 is 0 Å². The number of pyridine rings is 1. The van der Waals surface area contributed by atoms with Gasteiger partial charge in [-0.1, -0.05) is 18.0 Å². The van der Waals surface area contributed by atoms with Crippen LogP contribution in [-0.2, 0) is 12.6 Å². The van der Waals surface area contributed by atoms with Gasteiger partial charge in [0.25, 0.3) is 0 Å². The van der Waals surface area contributed by atoms with Crippen molar-refractivity contribution in [3.05, 3.63) is 53.1 Å². The van der Waals surface area contributed by atoms with Crippen molar-refractivity contribution in [3.8, 4) is 11.1 Å². The lowest BCUT2D eigenvalue weighted by Gasteiger charge is -2.14. The number of hydrogen-bond donors (Lipinski definition) is 1. The maximum atomic E-state index is 13.9. The average molecular weight is 368 g/mol. The minimum Gasteiger partial charge on any atom is -0.264 e. The number of rotatable bonds is 4. The molecule has 0 aliphatic heterocycles. The molecule has 0 bridgehead atoms. The van der Waals surface area contributed by atoms with E-state index in [1.807, 2.05) is 0 Å². The number of nitrogens with zero attached hydrogens (tertiary/aromatic N) is 1. The molecule has 25 heavy (non-hydrogen) atoms. The lowest BCUT2D eigenvalue weighted by Crippen LogP contribution is -2.12. The first kappa shape index (κ1) is 16.8. The van der Waals surface area contributed by atoms with E-state index in [4.69, 9.17) is 0 Å². The van der Waals surface area contributed by atoms with Gasteiger partial charge < -0.3 is 0 Å². The van der Waals surface area contributed by atoms with Gasteiger partial charge >= 0.3 is 6.18 Å². The van der Waals surface area contributed by atoms with E-state index in [9.17, 15) is 17.6 Å². The zero-order chi connectivity index (χ0) is 17.6. The lowest BCUT2D eigenvalue weighted by atomic mass is 9.98. The van der Waals surface area contributed by atoms with E-state index in [0.717, 1.165) is 36.1 Å². The van der Waals surface area contributed by atoms with Gasteiger partial charge in [0.15, 0.2) is 0 Å². The maximum absolute atomic E-state index is 13.9. The van der Waals surface area contributed by atoms with Crippen molar-refractivity contribution in [1.29, 1.82) is 0 Å². The second kappa shape index (κ2) is 6.29. The molecule has 0 saturated heterocycles. The molecule has 1 saturated carbocycles. The Kier molecular flexibility index (Phi) is 4.24. The van der Waals surface area contributed by atoms with E-state index < -0.39 is 17.6 Å². The van der Waals surface area contributed by atoms with Crippen LogP contribution in [0, 0.1) is 5.82 Å². The predicted molar refractivity (Wildman–Crippen MR) is 89.4 cm³/mol. The normalized spacial score (nSPS) is 19.9. The molecular weight excluding hydrogens is 352 g/mol. The molecule has 4 rings (SSSR count). The number of nitrogens with one attached hydrogen (secondary N) is 1. The highest BCUT2D eigenvalue weighted by Gasteiger charge is 2.34. The van der Waals surface area contributed by atoms with Crippen molar-refractivity contribution < 1.29 is 17.6 Å². The molecule has 132 valence electrons. The van der Waals surface area contributed by atoms with Gasteiger partial charge in [-0.25, -0.2) is 4.39 Å². The number of fused-ring (bicyclic) bond motifs is 1. The average Bonchev–Trinajstić information content (AvgIpc) is 3.30. The molecule has 1 atom stereocenters. The standard InChI is InChI=1S/C18H16F4N2S/c19-16-7-10(1-5-15(16)18(20,21)22)13-8-23-9-14-12(13)4-6-17(14)24-25-11-2-3-11/h1,5,7-9,11,17,24H,2-4,6H2. The van der Waals surface area contributed by atoms with Gasteiger partial charge in [-0.15, -0.1) is 0 Å². The van der Waals surface area contributed by atoms with Gasteiger partial charge in [-0.2, -0.15) is 13.2 Å². The molecule has 7 heteroatoms. The second-order valence-electron chi connectivity index (χ2n) is 6.47. The molecule has 0 spiro atoms. The minimum atomic E-state index is -4.69. The fourth-order valence-electron chi connectivity index (χ4n) is 3.17. The summed E-state index contributed by atoms with van der Waals surface area (Å²) in [7, 11) is 0. The molecule has 1 aromatic heterocycles. The van der Waals surface area contributed by atoms with Crippen molar-refractivity contribution in [1.82, 2.24) is 9.71 Å². The third-order valence-corrected chi connectivity index (χ3v) is 5.86. The number of halogens is 4. The van der Waals surface area contributed by atoms with Crippen LogP contribution in [0.3, 0.4) is 0 Å². The van der Waals surface area contributed by atoms with Crippen LogP contribution in [0.4, 0.5) is 17.6 Å². The van der Waals surface area contributed by atoms with Crippen LogP contribution in [0.1, 0.15) is 42.0 Å². The van der Waals surface area contributed by atoms with Crippen LogP contribution in [0.25, 0.3) is 11.1 Å². The number of benzene rings is 1. The molecule has 2 nitrogen and oxygen atoms in total. The Morgan fingerprint density at radius 3 is 2.60 bits per heavy atom. The van der Waals surface area contributed by atoms with Crippen LogP contribution in [0.15, 0.2) is 30.6 Å². The highest BCUT2D eigenvalue weighted by atomic mass is 32.2. The fraction of sp³-hybridized carbons (Fsp3) is 0.389. The van der Waals surface area contributed by atoms with Crippen LogP contribution in [-0.4, -0.2) is 10.2 Å². The first-order chi connectivity index (χ1) is 11.9. The van der Waals surface area contributed by atoms with Gasteiger partial charge in [-0.3, -0.25) is 9.71 Å². The Hall–Kier alpha value is -1.60. The summed E-state index contributed by atoms with van der Waals surface area (Å²) in [6.45, 7) is 0. The topological polar surface area (TPSA) is 24.9 Å². The second-order valence-corrected chi connectivity index (χ2v) is 7.61. The Balaban J connectivity index is 1.64. The summed E-state index contributed by atoms with van der Waals surface area (Å²) in [5.74, 6) is -1.25. The molecule has 2 aliphatic rings. The lowest BCUT2D eigenvalue weighted by molar-refractivity contribution is -0.139. The highest BCUT2D eigenvalue weighted by molar-refractivity contribution is 7.98. The Morgan fingerprint density at radius 1 is 1.12 bits per heavy atom. The van der Waals surface area contributed by atoms with Crippen molar-refractivity contribution in [2.45, 2.75) is 43.2 Å². The molecular formula is C18H16F4N2S. The van der Waals surface area contributed by atoms with Crippen LogP contribution >= 0.6 is 11.9 Å². The summed E-state index contributed by atoms with van der Waals surface area (Å²) in [5.41, 5.74) is 2.02. The van der Waals surface area contributed by atoms with Crippen LogP contribution < -0.4 is 4.72 Å². The van der Waals surface area contributed by atoms with Gasteiger partial charge in [0.2, 0.25) is 0 Å². The Labute approximate surface area is 147 Å². The zero-order valence-electron chi connectivity index (χ0n) is 13.2. The van der Waals surface area contributed by atoms with E-state index in [-0.39, 0.29) is 6.04 Å². The van der Waals surface area contributed by atoms with E-state index in [0.29, 0.717) is 16.4 Å². The summed E-state index contributed by atoms with van der Waals surface area (Å²) >= 11 is 1.75. The molecule has 0 amide bonds. The SMILES string of the molecule is Fc1cc(-c2cncc3c2CCC3NSC2CC2)ccc1C(F)(F)F.